The number of nitrogens with two attached hydrogens (primary N) is 1. The highest BCUT2D eigenvalue weighted by Crippen LogP contribution is 2.45. The van der Waals surface area contributed by atoms with E-state index in [9.17, 15) is 40.1 Å². The first-order chi connectivity index (χ1) is 24.7. The summed E-state index contributed by atoms with van der Waals surface area (Å²) in [6.45, 7) is 5.86. The molecule has 1 unspecified atom stereocenters. The van der Waals surface area contributed by atoms with Crippen LogP contribution in [0.2, 0.25) is 10.0 Å². The molecule has 20 heteroatoms. The molecule has 1 aliphatic heterocycles. The summed E-state index contributed by atoms with van der Waals surface area (Å²) in [7, 11) is -2.01. The van der Waals surface area contributed by atoms with Gasteiger partial charge in [-0.3, -0.25) is 4.79 Å². The molecule has 1 amide bonds. The van der Waals surface area contributed by atoms with Crippen molar-refractivity contribution in [3.63, 3.8) is 0 Å². The highest BCUT2D eigenvalue weighted by Gasteiger charge is 2.50. The van der Waals surface area contributed by atoms with Crippen molar-refractivity contribution in [1.82, 2.24) is 15.1 Å². The van der Waals surface area contributed by atoms with Crippen molar-refractivity contribution in [3.05, 3.63) is 74.1 Å². The standard InChI is InChI=1S/C21H27NO5.C12H4Cl2F6N4OS/c1-5-26-20(24)27-18-17(16-12-13(2)6-7-14(16)3)19(23)22-21(18)10-8-15(25-4)9-11-21;13-5-1-4(11(15,16)17)2-6(14)8(5)24-10(22)9(7(3-21)23-24)26(25)12(18,19)20/h6-7,12,15H,5,8-11H2,1-4H3,(H,22,23);1-2H,22H2. The zero-order valence-electron chi connectivity index (χ0n) is 28.3. The minimum absolute atomic E-state index is 0.154. The van der Waals surface area contributed by atoms with Gasteiger partial charge in [0.15, 0.2) is 16.5 Å². The number of carbonyl (C=O) groups is 2. The molecule has 3 aromatic rings. The molecule has 5 rings (SSSR count). The Morgan fingerprint density at radius 2 is 1.74 bits per heavy atom. The number of ether oxygens (including phenoxy) is 3. The van der Waals surface area contributed by atoms with Gasteiger partial charge in [0.25, 0.3) is 5.91 Å². The molecule has 1 aromatic heterocycles. The van der Waals surface area contributed by atoms with Crippen LogP contribution >= 0.6 is 23.2 Å². The van der Waals surface area contributed by atoms with Crippen LogP contribution in [0.15, 0.2) is 41.0 Å². The Balaban J connectivity index is 0.000000237. The highest BCUT2D eigenvalue weighted by molar-refractivity contribution is 7.86. The molecule has 1 fully saturated rings. The summed E-state index contributed by atoms with van der Waals surface area (Å²) < 4.78 is 104. The molecule has 0 bridgehead atoms. The maximum atomic E-state index is 13.0. The molecule has 53 heavy (non-hydrogen) atoms. The van der Waals surface area contributed by atoms with E-state index in [4.69, 9.17) is 48.4 Å². The molecule has 1 spiro atoms. The van der Waals surface area contributed by atoms with Gasteiger partial charge < -0.3 is 25.3 Å². The summed E-state index contributed by atoms with van der Waals surface area (Å²) in [5.74, 6) is -0.728. The first kappa shape index (κ1) is 41.4. The van der Waals surface area contributed by atoms with Crippen LogP contribution in [-0.4, -0.2) is 56.9 Å². The molecule has 11 nitrogen and oxygen atoms in total. The van der Waals surface area contributed by atoms with Crippen molar-refractivity contribution in [2.75, 3.05) is 19.5 Å². The highest BCUT2D eigenvalue weighted by atomic mass is 35.5. The second-order valence-corrected chi connectivity index (χ2v) is 14.1. The lowest BCUT2D eigenvalue weighted by Crippen LogP contribution is -2.49. The van der Waals surface area contributed by atoms with Crippen molar-refractivity contribution in [3.8, 4) is 11.8 Å². The molecule has 2 aliphatic rings. The minimum Gasteiger partial charge on any atom is -0.434 e. The molecule has 1 saturated carbocycles. The first-order valence-electron chi connectivity index (χ1n) is 15.5. The molecule has 286 valence electrons. The van der Waals surface area contributed by atoms with E-state index < -0.39 is 71.9 Å². The number of nitrogens with one attached hydrogen (secondary N) is 1. The van der Waals surface area contributed by atoms with Crippen LogP contribution in [0, 0.1) is 25.2 Å². The third-order valence-electron chi connectivity index (χ3n) is 8.40. The normalized spacial score (nSPS) is 19.3. The molecule has 2 heterocycles. The number of nitrogens with zero attached hydrogens (tertiary/aromatic N) is 3. The number of benzene rings is 2. The fourth-order valence-electron chi connectivity index (χ4n) is 5.87. The Labute approximate surface area is 311 Å². The van der Waals surface area contributed by atoms with Crippen LogP contribution in [0.4, 0.5) is 37.0 Å². The number of nitriles is 1. The summed E-state index contributed by atoms with van der Waals surface area (Å²) in [5.41, 5.74) is 0.104. The van der Waals surface area contributed by atoms with Gasteiger partial charge >= 0.3 is 17.8 Å². The van der Waals surface area contributed by atoms with E-state index in [1.807, 2.05) is 32.0 Å². The number of rotatable bonds is 6. The quantitative estimate of drug-likeness (QED) is 0.186. The number of aromatic nitrogens is 2. The van der Waals surface area contributed by atoms with Gasteiger partial charge in [-0.05, 0) is 69.7 Å². The van der Waals surface area contributed by atoms with Gasteiger partial charge in [-0.25, -0.2) is 13.7 Å². The Morgan fingerprint density at radius 1 is 1.13 bits per heavy atom. The Bertz CT molecular complexity index is 2000. The SMILES string of the molecule is CCOC(=O)OC1=C(c2cc(C)ccc2C)C(=O)NC12CCC(OC)CC2.N#Cc1nn(-c2c(Cl)cc(C(F)(F)F)cc2Cl)c(N)c1S(=O)C(F)(F)F. The third-order valence-corrected chi connectivity index (χ3v) is 10.2. The molecule has 0 radical (unpaired) electrons. The largest absolute Gasteiger partial charge is 0.513 e. The number of aryl methyl sites for hydroxylation is 2. The monoisotopic (exact) mass is 809 g/mol. The van der Waals surface area contributed by atoms with E-state index in [0.29, 0.717) is 41.0 Å². The fourth-order valence-corrected chi connectivity index (χ4v) is 7.29. The minimum atomic E-state index is -5.25. The summed E-state index contributed by atoms with van der Waals surface area (Å²) >= 11 is 11.5. The second-order valence-electron chi connectivity index (χ2n) is 11.9. The third kappa shape index (κ3) is 8.75. The van der Waals surface area contributed by atoms with Crippen LogP contribution < -0.4 is 11.1 Å². The number of anilines is 1. The van der Waals surface area contributed by atoms with Gasteiger partial charge in [0, 0.05) is 7.11 Å². The van der Waals surface area contributed by atoms with E-state index in [-0.39, 0.29) is 18.6 Å². The molecule has 1 aliphatic carbocycles. The number of amides is 1. The van der Waals surface area contributed by atoms with Crippen LogP contribution in [0.25, 0.3) is 11.3 Å². The summed E-state index contributed by atoms with van der Waals surface area (Å²) in [4.78, 5) is 24.0. The lowest BCUT2D eigenvalue weighted by atomic mass is 9.79. The van der Waals surface area contributed by atoms with Crippen molar-refractivity contribution in [1.29, 1.82) is 5.26 Å². The Hall–Kier alpha value is -4.31. The number of nitrogen functional groups attached to an aromatic ring is 1. The van der Waals surface area contributed by atoms with Crippen molar-refractivity contribution >= 4 is 57.5 Å². The molecular formula is C33H31Cl2F6N5O6S. The molecule has 2 aromatic carbocycles. The van der Waals surface area contributed by atoms with E-state index >= 15 is 0 Å². The van der Waals surface area contributed by atoms with Gasteiger partial charge in [0.2, 0.25) is 0 Å². The van der Waals surface area contributed by atoms with Gasteiger partial charge in [-0.1, -0.05) is 47.0 Å². The zero-order valence-corrected chi connectivity index (χ0v) is 30.6. The Kier molecular flexibility index (Phi) is 12.5. The fraction of sp³-hybridized carbons (Fsp3) is 0.394. The second kappa shape index (κ2) is 16.0. The zero-order chi connectivity index (χ0) is 39.6. The predicted molar refractivity (Wildman–Crippen MR) is 181 cm³/mol. The maximum absolute atomic E-state index is 13.0. The molecule has 1 atom stereocenters. The van der Waals surface area contributed by atoms with Gasteiger partial charge in [0.05, 0.1) is 39.4 Å². The average Bonchev–Trinajstić information content (AvgIpc) is 3.53. The topological polar surface area (TPSA) is 159 Å². The van der Waals surface area contributed by atoms with Crippen LogP contribution in [0.3, 0.4) is 0 Å². The number of hydrogen-bond acceptors (Lipinski definition) is 9. The van der Waals surface area contributed by atoms with Crippen LogP contribution in [-0.2, 0) is 36.0 Å². The number of methoxy groups -OCH3 is 1. The van der Waals surface area contributed by atoms with Crippen molar-refractivity contribution in [2.24, 2.45) is 0 Å². The van der Waals surface area contributed by atoms with Crippen LogP contribution in [0.5, 0.6) is 0 Å². The summed E-state index contributed by atoms with van der Waals surface area (Å²) in [6.07, 6.45) is -2.54. The number of carbonyl (C=O) groups excluding carboxylic acids is 2. The summed E-state index contributed by atoms with van der Waals surface area (Å²) in [6, 6.07) is 8.12. The van der Waals surface area contributed by atoms with E-state index in [0.717, 1.165) is 29.5 Å². The number of hydrogen-bond donors (Lipinski definition) is 2. The van der Waals surface area contributed by atoms with Gasteiger partial charge in [-0.15, -0.1) is 0 Å². The maximum Gasteiger partial charge on any atom is 0.513 e. The van der Waals surface area contributed by atoms with E-state index in [1.165, 1.54) is 6.07 Å². The number of alkyl halides is 6. The van der Waals surface area contributed by atoms with Crippen molar-refractivity contribution < 1.29 is 54.4 Å². The first-order valence-corrected chi connectivity index (χ1v) is 17.5. The van der Waals surface area contributed by atoms with E-state index in [2.05, 4.69) is 10.4 Å². The predicted octanol–water partition coefficient (Wildman–Crippen LogP) is 7.92. The molecule has 0 saturated heterocycles. The lowest BCUT2D eigenvalue weighted by Gasteiger charge is -2.37. The molecule has 3 N–H and O–H groups in total. The molecular weight excluding hydrogens is 779 g/mol. The van der Waals surface area contributed by atoms with Crippen LogP contribution in [0.1, 0.15) is 60.6 Å². The summed E-state index contributed by atoms with van der Waals surface area (Å²) in [5, 5.41) is 14.2. The smallest absolute Gasteiger partial charge is 0.434 e. The van der Waals surface area contributed by atoms with E-state index in [1.54, 1.807) is 14.0 Å². The van der Waals surface area contributed by atoms with Gasteiger partial charge in [-0.2, -0.15) is 36.7 Å². The average molecular weight is 811 g/mol. The Morgan fingerprint density at radius 3 is 2.25 bits per heavy atom. The van der Waals surface area contributed by atoms with Gasteiger partial charge in [0.1, 0.15) is 28.2 Å². The lowest BCUT2D eigenvalue weighted by molar-refractivity contribution is -0.137. The van der Waals surface area contributed by atoms with Crippen molar-refractivity contribution in [2.45, 2.75) is 74.7 Å². The number of halogens is 8.